The van der Waals surface area contributed by atoms with Crippen LogP contribution < -0.4 is 0 Å². The number of hydrogen-bond donors (Lipinski definition) is 1. The molecule has 0 saturated carbocycles. The van der Waals surface area contributed by atoms with E-state index in [1.807, 2.05) is 24.5 Å². The Kier molecular flexibility index (Phi) is 6.70. The summed E-state index contributed by atoms with van der Waals surface area (Å²) < 4.78 is 34.5. The minimum absolute atomic E-state index is 0.0130. The SMILES string of the molecule is CC(C)c1nc(-c2ccc(F)cc2)c(-c2ccc(F)cc2)n1C/C=C/[C@@H]1C[C@@H](O)CC(=O)O1. The van der Waals surface area contributed by atoms with Crippen LogP contribution >= 0.6 is 0 Å². The van der Waals surface area contributed by atoms with Crippen molar-refractivity contribution in [1.82, 2.24) is 9.55 Å². The molecule has 1 saturated heterocycles. The Hall–Kier alpha value is -3.32. The fourth-order valence-corrected chi connectivity index (χ4v) is 4.05. The number of aliphatic hydroxyl groups is 1. The quantitative estimate of drug-likeness (QED) is 0.410. The van der Waals surface area contributed by atoms with Gasteiger partial charge in [-0.15, -0.1) is 0 Å². The minimum atomic E-state index is -0.708. The first-order valence-corrected chi connectivity index (χ1v) is 11.0. The number of ether oxygens (including phenoxy) is 1. The normalized spacial score (nSPS) is 18.8. The highest BCUT2D eigenvalue weighted by atomic mass is 19.1. The molecule has 2 heterocycles. The maximum absolute atomic E-state index is 13.6. The Balaban J connectivity index is 1.77. The van der Waals surface area contributed by atoms with Crippen molar-refractivity contribution in [1.29, 1.82) is 0 Å². The van der Waals surface area contributed by atoms with E-state index in [1.165, 1.54) is 24.3 Å². The van der Waals surface area contributed by atoms with Gasteiger partial charge in [-0.2, -0.15) is 0 Å². The molecule has 1 aromatic heterocycles. The predicted octanol–water partition coefficient (Wildman–Crippen LogP) is 5.24. The molecule has 3 aromatic rings. The number of allylic oxidation sites excluding steroid dienone is 1. The van der Waals surface area contributed by atoms with Gasteiger partial charge in [-0.3, -0.25) is 4.79 Å². The van der Waals surface area contributed by atoms with E-state index in [1.54, 1.807) is 30.3 Å². The molecule has 1 aliphatic rings. The first-order valence-electron chi connectivity index (χ1n) is 11.0. The van der Waals surface area contributed by atoms with Crippen molar-refractivity contribution in [2.75, 3.05) is 0 Å². The largest absolute Gasteiger partial charge is 0.458 e. The van der Waals surface area contributed by atoms with E-state index in [0.717, 1.165) is 22.6 Å². The van der Waals surface area contributed by atoms with Crippen molar-refractivity contribution in [3.63, 3.8) is 0 Å². The number of cyclic esters (lactones) is 1. The van der Waals surface area contributed by atoms with Crippen LogP contribution in [0.4, 0.5) is 8.78 Å². The summed E-state index contributed by atoms with van der Waals surface area (Å²) in [6, 6.07) is 12.3. The molecule has 4 rings (SSSR count). The van der Waals surface area contributed by atoms with Crippen LogP contribution in [0.3, 0.4) is 0 Å². The molecule has 2 atom stereocenters. The van der Waals surface area contributed by atoms with Gasteiger partial charge in [0.15, 0.2) is 0 Å². The predicted molar refractivity (Wildman–Crippen MR) is 121 cm³/mol. The van der Waals surface area contributed by atoms with E-state index in [2.05, 4.69) is 0 Å². The first-order chi connectivity index (χ1) is 15.8. The third kappa shape index (κ3) is 5.20. The summed E-state index contributed by atoms with van der Waals surface area (Å²) in [5.41, 5.74) is 3.00. The number of rotatable bonds is 6. The fraction of sp³-hybridized carbons (Fsp3) is 0.308. The average molecular weight is 453 g/mol. The average Bonchev–Trinajstić information content (AvgIpc) is 3.14. The monoisotopic (exact) mass is 452 g/mol. The van der Waals surface area contributed by atoms with Gasteiger partial charge in [0.25, 0.3) is 0 Å². The molecule has 33 heavy (non-hydrogen) atoms. The van der Waals surface area contributed by atoms with Gasteiger partial charge in [0.2, 0.25) is 0 Å². The molecule has 1 aliphatic heterocycles. The molecule has 0 aliphatic carbocycles. The van der Waals surface area contributed by atoms with Crippen molar-refractivity contribution < 1.29 is 23.4 Å². The molecule has 0 radical (unpaired) electrons. The molecule has 7 heteroatoms. The number of hydrogen-bond acceptors (Lipinski definition) is 4. The third-order valence-electron chi connectivity index (χ3n) is 5.58. The van der Waals surface area contributed by atoms with Crippen molar-refractivity contribution in [3.8, 4) is 22.5 Å². The molecular weight excluding hydrogens is 426 g/mol. The second kappa shape index (κ2) is 9.67. The number of imidazole rings is 1. The number of aliphatic hydroxyl groups excluding tert-OH is 1. The summed E-state index contributed by atoms with van der Waals surface area (Å²) in [4.78, 5) is 16.5. The van der Waals surface area contributed by atoms with Gasteiger partial charge in [-0.25, -0.2) is 13.8 Å². The highest BCUT2D eigenvalue weighted by molar-refractivity contribution is 5.79. The van der Waals surface area contributed by atoms with Gasteiger partial charge in [0.1, 0.15) is 23.6 Å². The van der Waals surface area contributed by atoms with Gasteiger partial charge in [0.05, 0.1) is 23.9 Å². The van der Waals surface area contributed by atoms with Gasteiger partial charge in [-0.1, -0.05) is 19.9 Å². The van der Waals surface area contributed by atoms with Crippen LogP contribution in [0.2, 0.25) is 0 Å². The van der Waals surface area contributed by atoms with Crippen LogP contribution in [0.25, 0.3) is 22.5 Å². The molecule has 2 aromatic carbocycles. The van der Waals surface area contributed by atoms with Crippen LogP contribution in [-0.2, 0) is 16.1 Å². The van der Waals surface area contributed by atoms with Crippen LogP contribution in [0, 0.1) is 11.6 Å². The Morgan fingerprint density at radius 2 is 1.70 bits per heavy atom. The number of esters is 1. The topological polar surface area (TPSA) is 64.3 Å². The Labute approximate surface area is 191 Å². The smallest absolute Gasteiger partial charge is 0.309 e. The lowest BCUT2D eigenvalue weighted by Gasteiger charge is -2.23. The molecular formula is C26H26F2N2O3. The summed E-state index contributed by atoms with van der Waals surface area (Å²) in [6.45, 7) is 4.49. The summed E-state index contributed by atoms with van der Waals surface area (Å²) in [7, 11) is 0. The van der Waals surface area contributed by atoms with Gasteiger partial charge >= 0.3 is 5.97 Å². The minimum Gasteiger partial charge on any atom is -0.458 e. The summed E-state index contributed by atoms with van der Waals surface area (Å²) in [6.07, 6.45) is 2.83. The summed E-state index contributed by atoms with van der Waals surface area (Å²) in [5.74, 6) is -0.188. The van der Waals surface area contributed by atoms with E-state index < -0.39 is 18.2 Å². The molecule has 0 spiro atoms. The van der Waals surface area contributed by atoms with E-state index in [-0.39, 0.29) is 24.0 Å². The standard InChI is InChI=1S/C26H26F2N2O3/c1-16(2)26-29-24(17-5-9-19(27)10-6-17)25(18-7-11-20(28)12-8-18)30(26)13-3-4-22-14-21(31)15-23(32)33-22/h3-12,16,21-22,31H,13-15H2,1-2H3/b4-3+/t21-,22-/m1/s1. The lowest BCUT2D eigenvalue weighted by atomic mass is 10.0. The van der Waals surface area contributed by atoms with Crippen molar-refractivity contribution in [3.05, 3.63) is 78.1 Å². The zero-order valence-corrected chi connectivity index (χ0v) is 18.5. The molecule has 0 unspecified atom stereocenters. The second-order valence-corrected chi connectivity index (χ2v) is 8.50. The highest BCUT2D eigenvalue weighted by Gasteiger charge is 2.26. The van der Waals surface area contributed by atoms with Gasteiger partial charge < -0.3 is 14.4 Å². The zero-order chi connectivity index (χ0) is 23.5. The first kappa shape index (κ1) is 22.9. The summed E-state index contributed by atoms with van der Waals surface area (Å²) >= 11 is 0. The maximum Gasteiger partial charge on any atom is 0.309 e. The number of aromatic nitrogens is 2. The van der Waals surface area contributed by atoms with E-state index in [9.17, 15) is 18.7 Å². The van der Waals surface area contributed by atoms with Crippen LogP contribution in [0.15, 0.2) is 60.7 Å². The number of carbonyl (C=O) groups is 1. The zero-order valence-electron chi connectivity index (χ0n) is 18.5. The summed E-state index contributed by atoms with van der Waals surface area (Å²) in [5, 5.41) is 9.84. The Bertz CT molecular complexity index is 1150. The van der Waals surface area contributed by atoms with E-state index >= 15 is 0 Å². The van der Waals surface area contributed by atoms with Crippen molar-refractivity contribution in [2.45, 2.75) is 51.4 Å². The van der Waals surface area contributed by atoms with E-state index in [4.69, 9.17) is 9.72 Å². The maximum atomic E-state index is 13.6. The Morgan fingerprint density at radius 3 is 2.27 bits per heavy atom. The fourth-order valence-electron chi connectivity index (χ4n) is 4.05. The Morgan fingerprint density at radius 1 is 1.09 bits per heavy atom. The van der Waals surface area contributed by atoms with Gasteiger partial charge in [-0.05, 0) is 54.6 Å². The number of halogens is 2. The van der Waals surface area contributed by atoms with Crippen LogP contribution in [0.5, 0.6) is 0 Å². The van der Waals surface area contributed by atoms with Crippen molar-refractivity contribution in [2.24, 2.45) is 0 Å². The third-order valence-corrected chi connectivity index (χ3v) is 5.58. The highest BCUT2D eigenvalue weighted by Crippen LogP contribution is 2.35. The van der Waals surface area contributed by atoms with Crippen LogP contribution in [-0.4, -0.2) is 32.8 Å². The van der Waals surface area contributed by atoms with Gasteiger partial charge in [0, 0.05) is 30.0 Å². The molecule has 0 amide bonds. The molecule has 0 bridgehead atoms. The number of carbonyl (C=O) groups excluding carboxylic acids is 1. The number of nitrogens with zero attached hydrogens (tertiary/aromatic N) is 2. The molecule has 172 valence electrons. The van der Waals surface area contributed by atoms with Crippen molar-refractivity contribution >= 4 is 5.97 Å². The lowest BCUT2D eigenvalue weighted by Crippen LogP contribution is -2.31. The molecule has 1 fully saturated rings. The second-order valence-electron chi connectivity index (χ2n) is 8.50. The van der Waals surface area contributed by atoms with E-state index in [0.29, 0.717) is 18.7 Å². The lowest BCUT2D eigenvalue weighted by molar-refractivity contribution is -0.156. The molecule has 1 N–H and O–H groups in total. The number of benzene rings is 2. The van der Waals surface area contributed by atoms with Crippen LogP contribution in [0.1, 0.15) is 38.4 Å². The molecule has 5 nitrogen and oxygen atoms in total.